The van der Waals surface area contributed by atoms with Crippen molar-refractivity contribution in [2.24, 2.45) is 0 Å². The highest BCUT2D eigenvalue weighted by atomic mass is 16.2. The van der Waals surface area contributed by atoms with Crippen molar-refractivity contribution < 1.29 is 4.79 Å². The van der Waals surface area contributed by atoms with Crippen LogP contribution in [0.1, 0.15) is 28.5 Å². The van der Waals surface area contributed by atoms with Crippen LogP contribution in [0.3, 0.4) is 0 Å². The van der Waals surface area contributed by atoms with Gasteiger partial charge in [0.25, 0.3) is 0 Å². The molecule has 22 heavy (non-hydrogen) atoms. The standard InChI is InChI=1S/C15H20N6O/c1-9-15(10(2)20-19-9)18-14(22)8-21-5-4-12-6-16-11(3)17-13(12)7-21/h6H,4-5,7-8H2,1-3H3,(H,18,22)(H,19,20). The van der Waals surface area contributed by atoms with Crippen LogP contribution in [0, 0.1) is 20.8 Å². The Kier molecular flexibility index (Phi) is 3.89. The van der Waals surface area contributed by atoms with Gasteiger partial charge < -0.3 is 5.32 Å². The quantitative estimate of drug-likeness (QED) is 0.887. The van der Waals surface area contributed by atoms with Crippen LogP contribution in [-0.4, -0.2) is 44.1 Å². The van der Waals surface area contributed by atoms with Crippen molar-refractivity contribution in [1.82, 2.24) is 25.1 Å². The smallest absolute Gasteiger partial charge is 0.238 e. The number of amides is 1. The first kappa shape index (κ1) is 14.6. The fraction of sp³-hybridized carbons (Fsp3) is 0.467. The number of aromatic nitrogens is 4. The number of hydrogen-bond donors (Lipinski definition) is 2. The number of H-pyrrole nitrogens is 1. The lowest BCUT2D eigenvalue weighted by Crippen LogP contribution is -2.37. The average Bonchev–Trinajstić information content (AvgIpc) is 2.78. The lowest BCUT2D eigenvalue weighted by atomic mass is 10.1. The van der Waals surface area contributed by atoms with E-state index < -0.39 is 0 Å². The molecular weight excluding hydrogens is 280 g/mol. The van der Waals surface area contributed by atoms with Crippen LogP contribution in [0.5, 0.6) is 0 Å². The second-order valence-corrected chi connectivity index (χ2v) is 5.71. The molecular formula is C15H20N6O. The number of aromatic amines is 1. The van der Waals surface area contributed by atoms with Gasteiger partial charge in [-0.05, 0) is 32.8 Å². The molecule has 0 saturated carbocycles. The number of rotatable bonds is 3. The number of carbonyl (C=O) groups is 1. The largest absolute Gasteiger partial charge is 0.322 e. The summed E-state index contributed by atoms with van der Waals surface area (Å²) in [5.41, 5.74) is 4.67. The van der Waals surface area contributed by atoms with Crippen molar-refractivity contribution in [3.8, 4) is 0 Å². The van der Waals surface area contributed by atoms with Gasteiger partial charge in [-0.3, -0.25) is 14.8 Å². The summed E-state index contributed by atoms with van der Waals surface area (Å²) in [6.45, 7) is 7.54. The molecule has 2 aromatic rings. The molecule has 3 rings (SSSR count). The van der Waals surface area contributed by atoms with Gasteiger partial charge in [-0.15, -0.1) is 0 Å². The lowest BCUT2D eigenvalue weighted by molar-refractivity contribution is -0.117. The van der Waals surface area contributed by atoms with Gasteiger partial charge in [-0.2, -0.15) is 5.10 Å². The molecule has 0 fully saturated rings. The monoisotopic (exact) mass is 300 g/mol. The SMILES string of the molecule is Cc1ncc2c(n1)CN(CC(=O)Nc1c(C)n[nH]c1C)CC2. The molecule has 1 amide bonds. The van der Waals surface area contributed by atoms with Gasteiger partial charge in [-0.1, -0.05) is 0 Å². The topological polar surface area (TPSA) is 86.8 Å². The number of nitrogens with one attached hydrogen (secondary N) is 2. The molecule has 0 spiro atoms. The number of aryl methyl sites for hydroxylation is 3. The molecule has 0 aliphatic carbocycles. The number of anilines is 1. The highest BCUT2D eigenvalue weighted by Gasteiger charge is 2.20. The molecule has 0 atom stereocenters. The summed E-state index contributed by atoms with van der Waals surface area (Å²) in [6, 6.07) is 0. The Balaban J connectivity index is 1.63. The number of nitrogens with zero attached hydrogens (tertiary/aromatic N) is 4. The molecule has 0 radical (unpaired) electrons. The van der Waals surface area contributed by atoms with Crippen LogP contribution in [0.15, 0.2) is 6.20 Å². The Morgan fingerprint density at radius 1 is 1.41 bits per heavy atom. The van der Waals surface area contributed by atoms with Crippen LogP contribution >= 0.6 is 0 Å². The third kappa shape index (κ3) is 2.99. The Hall–Kier alpha value is -2.28. The van der Waals surface area contributed by atoms with Gasteiger partial charge >= 0.3 is 0 Å². The summed E-state index contributed by atoms with van der Waals surface area (Å²) in [4.78, 5) is 23.0. The van der Waals surface area contributed by atoms with E-state index in [1.54, 1.807) is 0 Å². The van der Waals surface area contributed by atoms with E-state index in [2.05, 4.69) is 30.4 Å². The van der Waals surface area contributed by atoms with Gasteiger partial charge in [0.15, 0.2) is 0 Å². The molecule has 1 aliphatic rings. The highest BCUT2D eigenvalue weighted by molar-refractivity contribution is 5.93. The summed E-state index contributed by atoms with van der Waals surface area (Å²) >= 11 is 0. The van der Waals surface area contributed by atoms with Crippen molar-refractivity contribution in [3.63, 3.8) is 0 Å². The first-order chi connectivity index (χ1) is 10.5. The van der Waals surface area contributed by atoms with Crippen molar-refractivity contribution in [1.29, 1.82) is 0 Å². The molecule has 116 valence electrons. The summed E-state index contributed by atoms with van der Waals surface area (Å²) in [5.74, 6) is 0.747. The molecule has 3 heterocycles. The number of fused-ring (bicyclic) bond motifs is 1. The molecule has 7 heteroatoms. The molecule has 0 aromatic carbocycles. The Bertz CT molecular complexity index is 689. The fourth-order valence-electron chi connectivity index (χ4n) is 2.71. The van der Waals surface area contributed by atoms with Crippen LogP contribution in [0.4, 0.5) is 5.69 Å². The third-order valence-electron chi connectivity index (χ3n) is 3.91. The first-order valence-electron chi connectivity index (χ1n) is 7.38. The minimum Gasteiger partial charge on any atom is -0.322 e. The Morgan fingerprint density at radius 3 is 2.95 bits per heavy atom. The van der Waals surface area contributed by atoms with E-state index in [9.17, 15) is 4.79 Å². The first-order valence-corrected chi connectivity index (χ1v) is 7.38. The summed E-state index contributed by atoms with van der Waals surface area (Å²) in [5, 5.41) is 9.89. The average molecular weight is 300 g/mol. The molecule has 0 bridgehead atoms. The zero-order valence-corrected chi connectivity index (χ0v) is 13.1. The van der Waals surface area contributed by atoms with Crippen LogP contribution in [0.2, 0.25) is 0 Å². The predicted octanol–water partition coefficient (Wildman–Crippen LogP) is 1.12. The highest BCUT2D eigenvalue weighted by Crippen LogP contribution is 2.18. The van der Waals surface area contributed by atoms with E-state index in [4.69, 9.17) is 0 Å². The van der Waals surface area contributed by atoms with Gasteiger partial charge in [-0.25, -0.2) is 9.97 Å². The van der Waals surface area contributed by atoms with E-state index in [0.29, 0.717) is 13.1 Å². The zero-order chi connectivity index (χ0) is 15.7. The van der Waals surface area contributed by atoms with Crippen molar-refractivity contribution in [2.45, 2.75) is 33.7 Å². The zero-order valence-electron chi connectivity index (χ0n) is 13.1. The number of carbonyl (C=O) groups excluding carboxylic acids is 1. The van der Waals surface area contributed by atoms with E-state index in [1.165, 1.54) is 5.56 Å². The number of hydrogen-bond acceptors (Lipinski definition) is 5. The van der Waals surface area contributed by atoms with E-state index in [-0.39, 0.29) is 5.91 Å². The normalized spacial score (nSPS) is 14.7. The summed E-state index contributed by atoms with van der Waals surface area (Å²) < 4.78 is 0. The molecule has 0 unspecified atom stereocenters. The van der Waals surface area contributed by atoms with E-state index >= 15 is 0 Å². The van der Waals surface area contributed by atoms with Gasteiger partial charge in [0.05, 0.1) is 29.3 Å². The van der Waals surface area contributed by atoms with Gasteiger partial charge in [0.1, 0.15) is 5.82 Å². The Morgan fingerprint density at radius 2 is 2.23 bits per heavy atom. The van der Waals surface area contributed by atoms with Gasteiger partial charge in [0, 0.05) is 19.3 Å². The van der Waals surface area contributed by atoms with Crippen molar-refractivity contribution in [2.75, 3.05) is 18.4 Å². The maximum absolute atomic E-state index is 12.2. The summed E-state index contributed by atoms with van der Waals surface area (Å²) in [6.07, 6.45) is 2.78. The minimum absolute atomic E-state index is 0.0261. The maximum Gasteiger partial charge on any atom is 0.238 e. The lowest BCUT2D eigenvalue weighted by Gasteiger charge is -2.27. The minimum atomic E-state index is -0.0261. The molecule has 2 N–H and O–H groups in total. The molecule has 1 aliphatic heterocycles. The second kappa shape index (κ2) is 5.84. The summed E-state index contributed by atoms with van der Waals surface area (Å²) in [7, 11) is 0. The van der Waals surface area contributed by atoms with Crippen LogP contribution in [-0.2, 0) is 17.8 Å². The third-order valence-corrected chi connectivity index (χ3v) is 3.91. The van der Waals surface area contributed by atoms with Crippen LogP contribution in [0.25, 0.3) is 0 Å². The fourth-order valence-corrected chi connectivity index (χ4v) is 2.71. The maximum atomic E-state index is 12.2. The van der Waals surface area contributed by atoms with Crippen molar-refractivity contribution in [3.05, 3.63) is 34.7 Å². The molecule has 0 saturated heterocycles. The van der Waals surface area contributed by atoms with E-state index in [0.717, 1.165) is 41.6 Å². The second-order valence-electron chi connectivity index (χ2n) is 5.71. The van der Waals surface area contributed by atoms with Crippen molar-refractivity contribution >= 4 is 11.6 Å². The van der Waals surface area contributed by atoms with Gasteiger partial charge in [0.2, 0.25) is 5.91 Å². The molecule has 7 nitrogen and oxygen atoms in total. The van der Waals surface area contributed by atoms with Crippen LogP contribution < -0.4 is 5.32 Å². The molecule has 2 aromatic heterocycles. The van der Waals surface area contributed by atoms with E-state index in [1.807, 2.05) is 27.0 Å². The Labute approximate surface area is 129 Å². The predicted molar refractivity (Wildman–Crippen MR) is 82.4 cm³/mol.